The summed E-state index contributed by atoms with van der Waals surface area (Å²) in [6.45, 7) is 9.71. The van der Waals surface area contributed by atoms with Crippen molar-refractivity contribution in [2.45, 2.75) is 117 Å². The third kappa shape index (κ3) is 11.3. The van der Waals surface area contributed by atoms with Gasteiger partial charge in [-0.1, -0.05) is 206 Å². The number of anilines is 9. The lowest BCUT2D eigenvalue weighted by Gasteiger charge is -2.26. The maximum Gasteiger partial charge on any atom is 0.0614 e. The van der Waals surface area contributed by atoms with E-state index < -0.39 is 0 Å². The van der Waals surface area contributed by atoms with Crippen molar-refractivity contribution < 1.29 is 0 Å². The highest BCUT2D eigenvalue weighted by atomic mass is 32.1. The molecule has 19 aromatic rings. The topological polar surface area (TPSA) is 24.5 Å². The third-order valence-corrected chi connectivity index (χ3v) is 25.7. The molecule has 0 unspecified atom stereocenters. The van der Waals surface area contributed by atoms with Crippen LogP contribution in [0.1, 0.15) is 97.8 Å². The Bertz CT molecular complexity index is 5810. The van der Waals surface area contributed by atoms with Crippen LogP contribution in [-0.2, 0) is 19.6 Å². The fraction of sp³-hybridized carbons (Fsp3) is 0.188. The number of hydrogen-bond acceptors (Lipinski definition) is 6. The van der Waals surface area contributed by atoms with Crippen LogP contribution in [0.2, 0.25) is 0 Å². The van der Waals surface area contributed by atoms with Crippen molar-refractivity contribution in [1.29, 1.82) is 0 Å². The Morgan fingerprint density at radius 2 is 0.476 bits per heavy atom. The molecule has 516 valence electrons. The molecule has 19 rings (SSSR count). The number of hydrogen-bond donors (Lipinski definition) is 0. The fourth-order valence-electron chi connectivity index (χ4n) is 17.3. The standard InChI is InChI=1S/C96H84N6S3/c1-4-7-10-28-55-97-82-61-70(100(64-31-16-13-17-32-64)67-46-52-88-79(58-67)73-37-22-25-40-85(73)103-88)43-49-76(82)91-94(97)92-77-50-44-71(101(65-33-18-14-19-34-65)68-47-53-89-80(59-68)74-38-23-26-41-86(74)104-89)62-83(77)98(56-29-11-8-5-2)96(92)93-78-51-45-72(63-84(78)99(95(91)93)57-30-12-9-6-3)102(66-35-20-15-21-36-66)69-48-54-90-81(60-69)75-39-24-27-42-87(75)105-90/h13-27,31-54,58-63H,4-12,28-30,55-57H2,1-3H3. The highest BCUT2D eigenvalue weighted by molar-refractivity contribution is 7.26. The van der Waals surface area contributed by atoms with Crippen molar-refractivity contribution in [2.75, 3.05) is 14.7 Å². The average molecular weight is 1420 g/mol. The molecule has 0 aliphatic rings. The number of rotatable bonds is 24. The fourth-order valence-corrected chi connectivity index (χ4v) is 20.6. The van der Waals surface area contributed by atoms with Gasteiger partial charge >= 0.3 is 0 Å². The number of unbranched alkanes of at least 4 members (excludes halogenated alkanes) is 9. The molecular formula is C96H84N6S3. The summed E-state index contributed by atoms with van der Waals surface area (Å²) < 4.78 is 16.3. The molecule has 6 nitrogen and oxygen atoms in total. The van der Waals surface area contributed by atoms with E-state index in [1.807, 2.05) is 34.0 Å². The first kappa shape index (κ1) is 65.1. The molecule has 0 radical (unpaired) electrons. The Labute approximate surface area is 625 Å². The molecule has 0 aliphatic carbocycles. The molecule has 0 bridgehead atoms. The lowest BCUT2D eigenvalue weighted by Crippen LogP contribution is -2.10. The second kappa shape index (κ2) is 27.7. The number of para-hydroxylation sites is 3. The van der Waals surface area contributed by atoms with Crippen LogP contribution in [0.5, 0.6) is 0 Å². The lowest BCUT2D eigenvalue weighted by molar-refractivity contribution is 0.600. The molecular weight excluding hydrogens is 1330 g/mol. The largest absolute Gasteiger partial charge is 0.340 e. The van der Waals surface area contributed by atoms with Gasteiger partial charge in [-0.05, 0) is 165 Å². The maximum absolute atomic E-state index is 2.82. The van der Waals surface area contributed by atoms with Gasteiger partial charge in [-0.15, -0.1) is 34.0 Å². The van der Waals surface area contributed by atoms with Gasteiger partial charge in [-0.2, -0.15) is 0 Å². The number of nitrogens with zero attached hydrogens (tertiary/aromatic N) is 6. The molecule has 0 atom stereocenters. The van der Waals surface area contributed by atoms with Gasteiger partial charge in [0.05, 0.1) is 33.1 Å². The molecule has 0 N–H and O–H groups in total. The monoisotopic (exact) mass is 1420 g/mol. The van der Waals surface area contributed by atoms with Crippen LogP contribution in [0.15, 0.2) is 273 Å². The van der Waals surface area contributed by atoms with Crippen molar-refractivity contribution in [3.05, 3.63) is 273 Å². The number of aryl methyl sites for hydroxylation is 3. The Morgan fingerprint density at radius 3 is 0.771 bits per heavy atom. The molecule has 6 heterocycles. The normalized spacial score (nSPS) is 12.1. The van der Waals surface area contributed by atoms with E-state index in [1.54, 1.807) is 0 Å². The number of thiophene rings is 3. The minimum absolute atomic E-state index is 0.891. The Balaban J connectivity index is 0.934. The number of benzene rings is 13. The molecule has 9 heteroatoms. The summed E-state index contributed by atoms with van der Waals surface area (Å²) in [6.07, 6.45) is 13.8. The smallest absolute Gasteiger partial charge is 0.0614 e. The van der Waals surface area contributed by atoms with Crippen LogP contribution >= 0.6 is 34.0 Å². The number of fused-ring (bicyclic) bond motifs is 21. The van der Waals surface area contributed by atoms with Gasteiger partial charge in [0.15, 0.2) is 0 Å². The highest BCUT2D eigenvalue weighted by Crippen LogP contribution is 2.53. The Kier molecular flexibility index (Phi) is 17.2. The van der Waals surface area contributed by atoms with Crippen LogP contribution in [-0.4, -0.2) is 13.7 Å². The molecule has 105 heavy (non-hydrogen) atoms. The van der Waals surface area contributed by atoms with Gasteiger partial charge in [0.25, 0.3) is 0 Å². The number of aromatic nitrogens is 3. The van der Waals surface area contributed by atoms with Gasteiger partial charge < -0.3 is 28.4 Å². The highest BCUT2D eigenvalue weighted by Gasteiger charge is 2.31. The zero-order chi connectivity index (χ0) is 70.1. The van der Waals surface area contributed by atoms with Crippen molar-refractivity contribution in [3.63, 3.8) is 0 Å². The van der Waals surface area contributed by atoms with Crippen molar-refractivity contribution in [2.24, 2.45) is 0 Å². The van der Waals surface area contributed by atoms with Crippen molar-refractivity contribution in [3.8, 4) is 0 Å². The zero-order valence-electron chi connectivity index (χ0n) is 60.0. The second-order valence-electron chi connectivity index (χ2n) is 28.8. The van der Waals surface area contributed by atoms with Crippen molar-refractivity contribution in [1.82, 2.24) is 13.7 Å². The molecule has 0 saturated heterocycles. The summed E-state index contributed by atoms with van der Waals surface area (Å²) in [4.78, 5) is 7.54. The summed E-state index contributed by atoms with van der Waals surface area (Å²) in [7, 11) is 0. The zero-order valence-corrected chi connectivity index (χ0v) is 62.4. The predicted molar refractivity (Wildman–Crippen MR) is 461 cm³/mol. The van der Waals surface area contributed by atoms with Gasteiger partial charge in [0.2, 0.25) is 0 Å². The van der Waals surface area contributed by atoms with E-state index >= 15 is 0 Å². The molecule has 0 fully saturated rings. The Morgan fingerprint density at radius 1 is 0.219 bits per heavy atom. The maximum atomic E-state index is 2.82. The van der Waals surface area contributed by atoms with Gasteiger partial charge in [0.1, 0.15) is 0 Å². The van der Waals surface area contributed by atoms with E-state index in [0.717, 1.165) is 109 Å². The molecule has 0 aliphatic heterocycles. The van der Waals surface area contributed by atoms with Crippen LogP contribution < -0.4 is 14.7 Å². The van der Waals surface area contributed by atoms with Gasteiger partial charge in [-0.25, -0.2) is 0 Å². The SMILES string of the molecule is CCCCCCn1c2cc(N(c3ccccc3)c3ccc4sc5ccccc5c4c3)ccc2c2c1c1c3ccc(N(c4ccccc4)c4ccc5sc6ccccc6c5c4)cc3n(CCCCCC)c1c1c3ccc(N(c4ccccc4)c4ccc5sc6ccccc6c5c4)cc3n(CCCCCC)c21. The summed E-state index contributed by atoms with van der Waals surface area (Å²) in [5.41, 5.74) is 18.2. The minimum Gasteiger partial charge on any atom is -0.340 e. The first-order valence-corrected chi connectivity index (χ1v) is 40.7. The summed E-state index contributed by atoms with van der Waals surface area (Å²) in [5, 5.41) is 15.8. The minimum atomic E-state index is 0.891. The molecule has 6 aromatic heterocycles. The first-order valence-electron chi connectivity index (χ1n) is 38.3. The van der Waals surface area contributed by atoms with E-state index in [-0.39, 0.29) is 0 Å². The van der Waals surface area contributed by atoms with E-state index in [4.69, 9.17) is 0 Å². The third-order valence-electron chi connectivity index (χ3n) is 22.2. The van der Waals surface area contributed by atoms with Gasteiger partial charge in [0, 0.05) is 164 Å². The summed E-state index contributed by atoms with van der Waals surface area (Å²) in [5.74, 6) is 0. The van der Waals surface area contributed by atoms with Crippen LogP contribution in [0, 0.1) is 0 Å². The Hall–Kier alpha value is -10.7. The second-order valence-corrected chi connectivity index (χ2v) is 32.0. The molecule has 0 saturated carbocycles. The van der Waals surface area contributed by atoms with E-state index in [9.17, 15) is 0 Å². The average Bonchev–Trinajstić information content (AvgIpc) is 1.51. The van der Waals surface area contributed by atoms with Crippen molar-refractivity contribution >= 4 is 211 Å². The van der Waals surface area contributed by atoms with E-state index in [1.165, 1.54) is 164 Å². The molecule has 0 amide bonds. The quantitative estimate of drug-likeness (QED) is 0.0564. The van der Waals surface area contributed by atoms with Crippen LogP contribution in [0.3, 0.4) is 0 Å². The first-order chi connectivity index (χ1) is 52.0. The summed E-state index contributed by atoms with van der Waals surface area (Å²) >= 11 is 5.65. The van der Waals surface area contributed by atoms with Crippen LogP contribution in [0.4, 0.5) is 51.2 Å². The van der Waals surface area contributed by atoms with Gasteiger partial charge in [-0.3, -0.25) is 0 Å². The van der Waals surface area contributed by atoms with E-state index in [2.05, 4.69) is 322 Å². The van der Waals surface area contributed by atoms with Crippen LogP contribution in [0.25, 0.3) is 126 Å². The predicted octanol–water partition coefficient (Wildman–Crippen LogP) is 30.3. The molecule has 13 aromatic carbocycles. The summed E-state index contributed by atoms with van der Waals surface area (Å²) in [6, 6.07) is 104. The lowest BCUT2D eigenvalue weighted by atomic mass is 10.0. The van der Waals surface area contributed by atoms with E-state index in [0.29, 0.717) is 0 Å². The molecule has 0 spiro atoms.